The number of fused-ring (bicyclic) bond motifs is 1. The predicted molar refractivity (Wildman–Crippen MR) is 118 cm³/mol. The van der Waals surface area contributed by atoms with Crippen LogP contribution in [0.25, 0.3) is 0 Å². The lowest BCUT2D eigenvalue weighted by Crippen LogP contribution is -2.45. The topological polar surface area (TPSA) is 96.0 Å². The van der Waals surface area contributed by atoms with Gasteiger partial charge in [-0.15, -0.1) is 0 Å². The zero-order valence-electron chi connectivity index (χ0n) is 18.8. The first kappa shape index (κ1) is 23.5. The van der Waals surface area contributed by atoms with Crippen LogP contribution in [0.5, 0.6) is 5.75 Å². The first-order chi connectivity index (χ1) is 14.6. The Balaban J connectivity index is 1.83. The summed E-state index contributed by atoms with van der Waals surface area (Å²) in [6.45, 7) is 9.37. The number of carbonyl (C=O) groups is 2. The Morgan fingerprint density at radius 2 is 1.90 bits per heavy atom. The van der Waals surface area contributed by atoms with Crippen molar-refractivity contribution in [2.24, 2.45) is 17.8 Å². The van der Waals surface area contributed by atoms with Crippen molar-refractivity contribution in [3.63, 3.8) is 0 Å². The summed E-state index contributed by atoms with van der Waals surface area (Å²) >= 11 is 0. The van der Waals surface area contributed by atoms with Gasteiger partial charge in [-0.25, -0.2) is 8.42 Å². The third-order valence-electron chi connectivity index (χ3n) is 5.69. The fraction of sp³-hybridized carbons (Fsp3) is 0.636. The van der Waals surface area contributed by atoms with E-state index in [0.29, 0.717) is 37.0 Å². The van der Waals surface area contributed by atoms with Crippen LogP contribution in [-0.2, 0) is 19.6 Å². The number of benzene rings is 1. The normalized spacial score (nSPS) is 22.2. The van der Waals surface area contributed by atoms with Crippen LogP contribution in [0.15, 0.2) is 23.1 Å². The Morgan fingerprint density at radius 1 is 1.23 bits per heavy atom. The lowest BCUT2D eigenvalue weighted by molar-refractivity contribution is -0.125. The van der Waals surface area contributed by atoms with E-state index in [2.05, 4.69) is 33.0 Å². The van der Waals surface area contributed by atoms with E-state index in [-0.39, 0.29) is 41.7 Å². The van der Waals surface area contributed by atoms with Gasteiger partial charge in [0.15, 0.2) is 6.61 Å². The lowest BCUT2D eigenvalue weighted by atomic mass is 9.94. The van der Waals surface area contributed by atoms with Gasteiger partial charge in [-0.05, 0) is 48.8 Å². The minimum atomic E-state index is -3.72. The summed E-state index contributed by atoms with van der Waals surface area (Å²) in [5.74, 6) is 0.766. The second-order valence-electron chi connectivity index (χ2n) is 9.20. The largest absolute Gasteiger partial charge is 0.482 e. The second-order valence-corrected chi connectivity index (χ2v) is 11.1. The number of nitrogens with one attached hydrogen (secondary N) is 1. The van der Waals surface area contributed by atoms with Crippen LogP contribution < -0.4 is 15.0 Å². The Bertz CT molecular complexity index is 921. The molecule has 2 aliphatic rings. The van der Waals surface area contributed by atoms with Crippen LogP contribution >= 0.6 is 0 Å². The molecule has 1 aromatic rings. The maximum atomic E-state index is 13.3. The molecular weight excluding hydrogens is 418 g/mol. The quantitative estimate of drug-likeness (QED) is 0.686. The first-order valence-electron chi connectivity index (χ1n) is 10.9. The number of hydrogen-bond acceptors (Lipinski definition) is 5. The zero-order chi connectivity index (χ0) is 22.8. The molecule has 9 heteroatoms. The first-order valence-corrected chi connectivity index (χ1v) is 12.4. The van der Waals surface area contributed by atoms with Crippen LogP contribution in [0.1, 0.15) is 40.5 Å². The van der Waals surface area contributed by atoms with E-state index in [1.807, 2.05) is 0 Å². The maximum absolute atomic E-state index is 13.3. The van der Waals surface area contributed by atoms with E-state index >= 15 is 0 Å². The molecular formula is C22H33N3O5S. The number of amides is 2. The fourth-order valence-electron chi connectivity index (χ4n) is 4.17. The summed E-state index contributed by atoms with van der Waals surface area (Å²) in [4.78, 5) is 26.3. The van der Waals surface area contributed by atoms with Gasteiger partial charge in [-0.3, -0.25) is 14.5 Å². The molecule has 0 spiro atoms. The minimum absolute atomic E-state index is 0.107. The van der Waals surface area contributed by atoms with Crippen LogP contribution in [0.3, 0.4) is 0 Å². The highest BCUT2D eigenvalue weighted by Crippen LogP contribution is 2.36. The van der Waals surface area contributed by atoms with Gasteiger partial charge < -0.3 is 10.1 Å². The van der Waals surface area contributed by atoms with E-state index in [4.69, 9.17) is 4.74 Å². The van der Waals surface area contributed by atoms with Gasteiger partial charge in [-0.2, -0.15) is 4.31 Å². The monoisotopic (exact) mass is 451 g/mol. The predicted octanol–water partition coefficient (Wildman–Crippen LogP) is 2.24. The molecule has 2 aliphatic heterocycles. The van der Waals surface area contributed by atoms with Crippen molar-refractivity contribution in [1.29, 1.82) is 0 Å². The Labute approximate surface area is 185 Å². The Hall–Kier alpha value is -2.13. The molecule has 0 saturated carbocycles. The van der Waals surface area contributed by atoms with Gasteiger partial charge in [0, 0.05) is 19.6 Å². The average Bonchev–Trinajstić information content (AvgIpc) is 2.68. The number of rotatable bonds is 7. The van der Waals surface area contributed by atoms with Gasteiger partial charge >= 0.3 is 0 Å². The number of piperidine rings is 1. The van der Waals surface area contributed by atoms with Gasteiger partial charge in [0.1, 0.15) is 12.3 Å². The highest BCUT2D eigenvalue weighted by atomic mass is 32.2. The Kier molecular flexibility index (Phi) is 7.26. The molecule has 172 valence electrons. The summed E-state index contributed by atoms with van der Waals surface area (Å²) in [5.41, 5.74) is 0.314. The smallest absolute Gasteiger partial charge is 0.265 e. The summed E-state index contributed by atoms with van der Waals surface area (Å²) in [5, 5.41) is 2.82. The molecule has 0 radical (unpaired) electrons. The summed E-state index contributed by atoms with van der Waals surface area (Å²) in [7, 11) is -3.72. The SMILES string of the molecule is CC(C)CCNC(=O)CN1C(=O)COc2ccc(S(=O)(=O)N3C[C@H](C)C[C@H](C)C3)cc21. The van der Waals surface area contributed by atoms with Gasteiger partial charge in [-0.1, -0.05) is 27.7 Å². The standard InChI is InChI=1S/C22H33N3O5S/c1-15(2)7-8-23-21(26)13-25-19-10-18(5-6-20(19)30-14-22(25)27)31(28,29)24-11-16(3)9-17(4)12-24/h5-6,10,15-17H,7-9,11-14H2,1-4H3,(H,23,26)/t16-,17+. The van der Waals surface area contributed by atoms with Crippen LogP contribution in [-0.4, -0.2) is 57.3 Å². The Morgan fingerprint density at radius 3 is 2.55 bits per heavy atom. The summed E-state index contributed by atoms with van der Waals surface area (Å²) in [6.07, 6.45) is 1.84. The third kappa shape index (κ3) is 5.57. The summed E-state index contributed by atoms with van der Waals surface area (Å²) in [6, 6.07) is 4.52. The van der Waals surface area contributed by atoms with E-state index in [0.717, 1.165) is 12.8 Å². The van der Waals surface area contributed by atoms with Gasteiger partial charge in [0.25, 0.3) is 5.91 Å². The molecule has 2 amide bonds. The van der Waals surface area contributed by atoms with Crippen LogP contribution in [0, 0.1) is 17.8 Å². The highest BCUT2D eigenvalue weighted by molar-refractivity contribution is 7.89. The molecule has 1 saturated heterocycles. The number of hydrogen-bond donors (Lipinski definition) is 1. The van der Waals surface area contributed by atoms with Crippen molar-refractivity contribution in [3.05, 3.63) is 18.2 Å². The van der Waals surface area contributed by atoms with Crippen molar-refractivity contribution >= 4 is 27.5 Å². The van der Waals surface area contributed by atoms with Crippen LogP contribution in [0.2, 0.25) is 0 Å². The molecule has 1 aromatic carbocycles. The highest BCUT2D eigenvalue weighted by Gasteiger charge is 2.34. The summed E-state index contributed by atoms with van der Waals surface area (Å²) < 4.78 is 33.6. The molecule has 2 atom stereocenters. The number of sulfonamides is 1. The van der Waals surface area contributed by atoms with Gasteiger partial charge in [0.2, 0.25) is 15.9 Å². The lowest BCUT2D eigenvalue weighted by Gasteiger charge is -2.34. The molecule has 0 unspecified atom stereocenters. The molecule has 2 heterocycles. The van der Waals surface area contributed by atoms with Crippen molar-refractivity contribution in [3.8, 4) is 5.75 Å². The number of nitrogens with zero attached hydrogens (tertiary/aromatic N) is 2. The molecule has 0 bridgehead atoms. The van der Waals surface area contributed by atoms with Crippen molar-refractivity contribution < 1.29 is 22.7 Å². The second kappa shape index (κ2) is 9.56. The maximum Gasteiger partial charge on any atom is 0.265 e. The molecule has 0 aliphatic carbocycles. The van der Waals surface area contributed by atoms with Crippen molar-refractivity contribution in [1.82, 2.24) is 9.62 Å². The van der Waals surface area contributed by atoms with E-state index < -0.39 is 10.0 Å². The van der Waals surface area contributed by atoms with E-state index in [9.17, 15) is 18.0 Å². The van der Waals surface area contributed by atoms with E-state index in [1.165, 1.54) is 21.3 Å². The number of anilines is 1. The van der Waals surface area contributed by atoms with Crippen molar-refractivity contribution in [2.75, 3.05) is 37.7 Å². The third-order valence-corrected chi connectivity index (χ3v) is 7.52. The molecule has 8 nitrogen and oxygen atoms in total. The fourth-order valence-corrected chi connectivity index (χ4v) is 5.87. The molecule has 3 rings (SSSR count). The molecule has 1 N–H and O–H groups in total. The number of carbonyl (C=O) groups excluding carboxylic acids is 2. The number of ether oxygens (including phenoxy) is 1. The van der Waals surface area contributed by atoms with Gasteiger partial charge in [0.05, 0.1) is 10.6 Å². The van der Waals surface area contributed by atoms with E-state index in [1.54, 1.807) is 6.07 Å². The van der Waals surface area contributed by atoms with Crippen LogP contribution in [0.4, 0.5) is 5.69 Å². The molecule has 0 aromatic heterocycles. The molecule has 1 fully saturated rings. The van der Waals surface area contributed by atoms with Crippen molar-refractivity contribution in [2.45, 2.75) is 45.4 Å². The minimum Gasteiger partial charge on any atom is -0.482 e. The average molecular weight is 452 g/mol. The zero-order valence-corrected chi connectivity index (χ0v) is 19.6. The molecule has 31 heavy (non-hydrogen) atoms.